The van der Waals surface area contributed by atoms with Gasteiger partial charge in [-0.25, -0.2) is 4.39 Å². The third-order valence-electron chi connectivity index (χ3n) is 4.05. The topological polar surface area (TPSA) is 32.3 Å². The molecule has 106 valence electrons. The first-order valence-electron chi connectivity index (χ1n) is 7.27. The van der Waals surface area contributed by atoms with Gasteiger partial charge in [-0.3, -0.25) is 0 Å². The summed E-state index contributed by atoms with van der Waals surface area (Å²) in [5.41, 5.74) is 1.03. The summed E-state index contributed by atoms with van der Waals surface area (Å²) in [5, 5.41) is 13.8. The van der Waals surface area contributed by atoms with Crippen LogP contribution in [0, 0.1) is 12.7 Å². The second kappa shape index (κ2) is 6.49. The van der Waals surface area contributed by atoms with E-state index >= 15 is 0 Å². The highest BCUT2D eigenvalue weighted by Gasteiger charge is 2.27. The molecule has 2 N–H and O–H groups in total. The van der Waals surface area contributed by atoms with Gasteiger partial charge in [0.25, 0.3) is 0 Å². The van der Waals surface area contributed by atoms with Crippen LogP contribution >= 0.6 is 0 Å². The Morgan fingerprint density at radius 1 is 1.21 bits per heavy atom. The minimum absolute atomic E-state index is 0.160. The van der Waals surface area contributed by atoms with E-state index in [1.807, 2.05) is 6.07 Å². The molecule has 0 radical (unpaired) electrons. The van der Waals surface area contributed by atoms with Crippen LogP contribution in [0.3, 0.4) is 0 Å². The summed E-state index contributed by atoms with van der Waals surface area (Å²) >= 11 is 0. The van der Waals surface area contributed by atoms with Gasteiger partial charge in [0.2, 0.25) is 0 Å². The van der Waals surface area contributed by atoms with Gasteiger partial charge < -0.3 is 10.4 Å². The summed E-state index contributed by atoms with van der Waals surface area (Å²) in [5.74, 6) is -0.160. The van der Waals surface area contributed by atoms with Gasteiger partial charge in [-0.05, 0) is 37.0 Å². The zero-order valence-electron chi connectivity index (χ0n) is 11.7. The SMILES string of the molecule is Cc1ccc(CNCC2(O)CCCCCC2)cc1F. The van der Waals surface area contributed by atoms with Crippen molar-refractivity contribution in [1.29, 1.82) is 0 Å². The van der Waals surface area contributed by atoms with Gasteiger partial charge in [-0.2, -0.15) is 0 Å². The Kier molecular flexibility index (Phi) is 4.94. The van der Waals surface area contributed by atoms with Crippen molar-refractivity contribution in [3.63, 3.8) is 0 Å². The highest BCUT2D eigenvalue weighted by atomic mass is 19.1. The Bertz CT molecular complexity index is 411. The normalized spacial score (nSPS) is 19.1. The molecule has 0 amide bonds. The number of hydrogen-bond donors (Lipinski definition) is 2. The third kappa shape index (κ3) is 4.29. The molecule has 3 heteroatoms. The molecule has 2 rings (SSSR count). The number of rotatable bonds is 4. The molecular weight excluding hydrogens is 241 g/mol. The van der Waals surface area contributed by atoms with Gasteiger partial charge in [0.05, 0.1) is 5.60 Å². The average Bonchev–Trinajstić information content (AvgIpc) is 2.59. The third-order valence-corrected chi connectivity index (χ3v) is 4.05. The molecule has 0 saturated heterocycles. The van der Waals surface area contributed by atoms with E-state index in [0.717, 1.165) is 31.2 Å². The zero-order chi connectivity index (χ0) is 13.7. The van der Waals surface area contributed by atoms with Crippen molar-refractivity contribution >= 4 is 0 Å². The van der Waals surface area contributed by atoms with E-state index in [9.17, 15) is 9.50 Å². The summed E-state index contributed by atoms with van der Waals surface area (Å²) in [4.78, 5) is 0. The van der Waals surface area contributed by atoms with Crippen LogP contribution in [0.15, 0.2) is 18.2 Å². The van der Waals surface area contributed by atoms with Gasteiger partial charge >= 0.3 is 0 Å². The molecule has 0 aliphatic heterocycles. The predicted octanol–water partition coefficient (Wildman–Crippen LogP) is 3.31. The highest BCUT2D eigenvalue weighted by molar-refractivity contribution is 5.23. The van der Waals surface area contributed by atoms with Crippen LogP contribution in [0.4, 0.5) is 4.39 Å². The van der Waals surface area contributed by atoms with Crippen molar-refractivity contribution in [2.75, 3.05) is 6.54 Å². The summed E-state index contributed by atoms with van der Waals surface area (Å²) < 4.78 is 13.4. The van der Waals surface area contributed by atoms with E-state index < -0.39 is 5.60 Å². The molecule has 1 saturated carbocycles. The fourth-order valence-electron chi connectivity index (χ4n) is 2.75. The molecule has 0 aromatic heterocycles. The number of benzene rings is 1. The number of nitrogens with one attached hydrogen (secondary N) is 1. The van der Waals surface area contributed by atoms with Crippen LogP contribution in [0.25, 0.3) is 0 Å². The summed E-state index contributed by atoms with van der Waals surface area (Å²) in [6.07, 6.45) is 6.43. The Morgan fingerprint density at radius 3 is 2.53 bits per heavy atom. The first-order chi connectivity index (χ1) is 9.09. The van der Waals surface area contributed by atoms with Crippen LogP contribution in [-0.2, 0) is 6.54 Å². The van der Waals surface area contributed by atoms with Crippen LogP contribution in [0.2, 0.25) is 0 Å². The van der Waals surface area contributed by atoms with Gasteiger partial charge in [-0.1, -0.05) is 37.8 Å². The minimum atomic E-state index is -0.570. The molecule has 19 heavy (non-hydrogen) atoms. The maximum absolute atomic E-state index is 13.4. The quantitative estimate of drug-likeness (QED) is 0.819. The summed E-state index contributed by atoms with van der Waals surface area (Å²) in [6.45, 7) is 2.97. The second-order valence-electron chi connectivity index (χ2n) is 5.83. The average molecular weight is 265 g/mol. The maximum Gasteiger partial charge on any atom is 0.126 e. The van der Waals surface area contributed by atoms with Crippen LogP contribution in [0.5, 0.6) is 0 Å². The fraction of sp³-hybridized carbons (Fsp3) is 0.625. The van der Waals surface area contributed by atoms with Gasteiger partial charge in [0.1, 0.15) is 5.82 Å². The smallest absolute Gasteiger partial charge is 0.126 e. The van der Waals surface area contributed by atoms with Crippen LogP contribution < -0.4 is 5.32 Å². The Hall–Kier alpha value is -0.930. The van der Waals surface area contributed by atoms with E-state index in [4.69, 9.17) is 0 Å². The van der Waals surface area contributed by atoms with Crippen molar-refractivity contribution in [2.24, 2.45) is 0 Å². The number of halogens is 1. The predicted molar refractivity (Wildman–Crippen MR) is 75.5 cm³/mol. The van der Waals surface area contributed by atoms with Crippen LogP contribution in [0.1, 0.15) is 49.7 Å². The van der Waals surface area contributed by atoms with E-state index in [1.165, 1.54) is 12.8 Å². The lowest BCUT2D eigenvalue weighted by atomic mass is 9.94. The fourth-order valence-corrected chi connectivity index (χ4v) is 2.75. The van der Waals surface area contributed by atoms with E-state index in [1.54, 1.807) is 19.1 Å². The van der Waals surface area contributed by atoms with Crippen LogP contribution in [-0.4, -0.2) is 17.3 Å². The minimum Gasteiger partial charge on any atom is -0.389 e. The highest BCUT2D eigenvalue weighted by Crippen LogP contribution is 2.26. The molecule has 0 unspecified atom stereocenters. The number of hydrogen-bond acceptors (Lipinski definition) is 2. The summed E-state index contributed by atoms with van der Waals surface area (Å²) in [6, 6.07) is 5.30. The van der Waals surface area contributed by atoms with Crippen molar-refractivity contribution in [3.05, 3.63) is 35.1 Å². The molecule has 2 nitrogen and oxygen atoms in total. The van der Waals surface area contributed by atoms with Gasteiger partial charge in [-0.15, -0.1) is 0 Å². The molecule has 0 heterocycles. The molecular formula is C16H24FNO. The largest absolute Gasteiger partial charge is 0.389 e. The van der Waals surface area contributed by atoms with E-state index in [2.05, 4.69) is 5.32 Å². The first-order valence-corrected chi connectivity index (χ1v) is 7.27. The molecule has 1 aliphatic carbocycles. The van der Waals surface area contributed by atoms with Crippen molar-refractivity contribution < 1.29 is 9.50 Å². The molecule has 1 fully saturated rings. The number of aliphatic hydroxyl groups is 1. The Labute approximate surface area is 115 Å². The molecule has 0 atom stereocenters. The van der Waals surface area contributed by atoms with Gasteiger partial charge in [0, 0.05) is 13.1 Å². The van der Waals surface area contributed by atoms with Crippen molar-refractivity contribution in [2.45, 2.75) is 57.6 Å². The monoisotopic (exact) mass is 265 g/mol. The lowest BCUT2D eigenvalue weighted by molar-refractivity contribution is 0.0250. The molecule has 1 aliphatic rings. The zero-order valence-corrected chi connectivity index (χ0v) is 11.7. The lowest BCUT2D eigenvalue weighted by Crippen LogP contribution is -2.39. The maximum atomic E-state index is 13.4. The Morgan fingerprint density at radius 2 is 1.89 bits per heavy atom. The van der Waals surface area contributed by atoms with E-state index in [-0.39, 0.29) is 5.82 Å². The lowest BCUT2D eigenvalue weighted by Gasteiger charge is -2.27. The Balaban J connectivity index is 1.83. The second-order valence-corrected chi connectivity index (χ2v) is 5.83. The van der Waals surface area contributed by atoms with Crippen molar-refractivity contribution in [1.82, 2.24) is 5.32 Å². The van der Waals surface area contributed by atoms with Gasteiger partial charge in [0.15, 0.2) is 0 Å². The summed E-state index contributed by atoms with van der Waals surface area (Å²) in [7, 11) is 0. The molecule has 1 aromatic rings. The standard InChI is InChI=1S/C16H24FNO/c1-13-6-7-14(10-15(13)17)11-18-12-16(19)8-4-2-3-5-9-16/h6-7,10,18-19H,2-5,8-9,11-12H2,1H3. The van der Waals surface area contributed by atoms with E-state index in [0.29, 0.717) is 18.7 Å². The van der Waals surface area contributed by atoms with Crippen molar-refractivity contribution in [3.8, 4) is 0 Å². The molecule has 1 aromatic carbocycles. The molecule has 0 bridgehead atoms. The first kappa shape index (κ1) is 14.5. The molecule has 0 spiro atoms. The number of aryl methyl sites for hydroxylation is 1.